The first-order valence-corrected chi connectivity index (χ1v) is 23.7. The van der Waals surface area contributed by atoms with E-state index in [9.17, 15) is 23.6 Å². The lowest BCUT2D eigenvalue weighted by Crippen LogP contribution is -2.44. The second kappa shape index (κ2) is 23.2. The van der Waals surface area contributed by atoms with E-state index >= 15 is 0 Å². The zero-order valence-corrected chi connectivity index (χ0v) is 37.7. The number of likely N-dealkylation sites (tertiary alicyclic amines) is 1. The summed E-state index contributed by atoms with van der Waals surface area (Å²) in [7, 11) is 0. The number of rotatable bonds is 26. The Morgan fingerprint density at radius 1 is 0.820 bits per heavy atom. The number of unbranched alkanes of at least 4 members (excludes halogenated alkanes) is 14. The number of carbonyl (C=O) groups excluding carboxylic acids is 4. The van der Waals surface area contributed by atoms with Crippen molar-refractivity contribution in [3.63, 3.8) is 0 Å². The fourth-order valence-corrected chi connectivity index (χ4v) is 8.75. The molecule has 4 heterocycles. The molecule has 61 heavy (non-hydrogen) atoms. The maximum absolute atomic E-state index is 14.8. The first-order valence-electron chi connectivity index (χ1n) is 22.9. The van der Waals surface area contributed by atoms with E-state index in [0.29, 0.717) is 52.3 Å². The molecular formula is C48H63BrFN7O4. The molecule has 13 heteroatoms. The lowest BCUT2D eigenvalue weighted by atomic mass is 10.0. The number of alkyl halides is 1. The van der Waals surface area contributed by atoms with Gasteiger partial charge in [-0.2, -0.15) is 5.10 Å². The summed E-state index contributed by atoms with van der Waals surface area (Å²) in [6.07, 6.45) is 25.0. The number of carbonyl (C=O) groups is 4. The van der Waals surface area contributed by atoms with Crippen molar-refractivity contribution in [1.29, 1.82) is 0 Å². The minimum absolute atomic E-state index is 0.122. The molecule has 1 aliphatic carbocycles. The summed E-state index contributed by atoms with van der Waals surface area (Å²) in [5, 5.41) is 7.92. The van der Waals surface area contributed by atoms with Crippen molar-refractivity contribution in [2.24, 2.45) is 0 Å². The highest BCUT2D eigenvalue weighted by Gasteiger charge is 2.41. The van der Waals surface area contributed by atoms with Crippen LogP contribution in [0.3, 0.4) is 0 Å². The highest BCUT2D eigenvalue weighted by Crippen LogP contribution is 2.43. The van der Waals surface area contributed by atoms with Crippen LogP contribution in [0.15, 0.2) is 47.3 Å². The third-order valence-electron chi connectivity index (χ3n) is 12.1. The first kappa shape index (κ1) is 46.1. The average molecular weight is 901 g/mol. The van der Waals surface area contributed by atoms with Crippen molar-refractivity contribution in [2.75, 3.05) is 11.9 Å². The fourth-order valence-electron chi connectivity index (χ4n) is 8.44. The number of anilines is 1. The minimum Gasteiger partial charge on any atom is -0.326 e. The molecule has 6 rings (SSSR count). The number of fused-ring (bicyclic) bond motifs is 1. The number of hydrogen-bond acceptors (Lipinski definition) is 8. The van der Waals surface area contributed by atoms with E-state index in [1.54, 1.807) is 18.5 Å². The number of Topliss-reactive ketones (excluding diaryl/α,β-unsaturated/α-hetero) is 2. The molecule has 1 saturated carbocycles. The summed E-state index contributed by atoms with van der Waals surface area (Å²) in [5.41, 5.74) is 3.18. The van der Waals surface area contributed by atoms with Crippen LogP contribution in [0.25, 0.3) is 22.0 Å². The van der Waals surface area contributed by atoms with E-state index in [2.05, 4.69) is 48.2 Å². The molecule has 11 nitrogen and oxygen atoms in total. The number of hydrogen-bond donors (Lipinski definition) is 1. The van der Waals surface area contributed by atoms with Gasteiger partial charge in [0.2, 0.25) is 11.8 Å². The van der Waals surface area contributed by atoms with E-state index in [4.69, 9.17) is 0 Å². The van der Waals surface area contributed by atoms with Crippen LogP contribution < -0.4 is 5.32 Å². The van der Waals surface area contributed by atoms with Crippen LogP contribution in [0.5, 0.6) is 0 Å². The minimum atomic E-state index is -1.36. The Morgan fingerprint density at radius 2 is 1.46 bits per heavy atom. The molecule has 0 radical (unpaired) electrons. The van der Waals surface area contributed by atoms with Crippen molar-refractivity contribution in [3.05, 3.63) is 64.4 Å². The predicted molar refractivity (Wildman–Crippen MR) is 241 cm³/mol. The molecule has 1 saturated heterocycles. The largest absolute Gasteiger partial charge is 0.326 e. The van der Waals surface area contributed by atoms with Crippen LogP contribution in [0.1, 0.15) is 170 Å². The smallest absolute Gasteiger partial charge is 0.248 e. The number of pyridine rings is 1. The quantitative estimate of drug-likeness (QED) is 0.0373. The van der Waals surface area contributed by atoms with E-state index in [1.807, 2.05) is 24.3 Å². The third-order valence-corrected chi connectivity index (χ3v) is 12.6. The summed E-state index contributed by atoms with van der Waals surface area (Å²) in [4.78, 5) is 67.4. The summed E-state index contributed by atoms with van der Waals surface area (Å²) in [6.45, 7) is 3.19. The van der Waals surface area contributed by atoms with Crippen molar-refractivity contribution in [2.45, 2.75) is 173 Å². The molecule has 0 unspecified atom stereocenters. The molecule has 0 spiro atoms. The van der Waals surface area contributed by atoms with E-state index in [-0.39, 0.29) is 36.8 Å². The maximum Gasteiger partial charge on any atom is 0.248 e. The third kappa shape index (κ3) is 13.5. The second-order valence-electron chi connectivity index (χ2n) is 17.2. The van der Waals surface area contributed by atoms with Crippen LogP contribution >= 0.6 is 15.9 Å². The molecule has 4 aromatic rings. The monoisotopic (exact) mass is 899 g/mol. The number of amides is 2. The number of aromatic nitrogens is 5. The van der Waals surface area contributed by atoms with Crippen molar-refractivity contribution in [3.8, 4) is 11.1 Å². The number of aryl methyl sites for hydroxylation is 1. The zero-order valence-electron chi connectivity index (χ0n) is 36.1. The van der Waals surface area contributed by atoms with Crippen molar-refractivity contribution >= 4 is 56.0 Å². The summed E-state index contributed by atoms with van der Waals surface area (Å²) < 4.78 is 16.8. The predicted octanol–water partition coefficient (Wildman–Crippen LogP) is 11.1. The van der Waals surface area contributed by atoms with Crippen molar-refractivity contribution in [1.82, 2.24) is 29.6 Å². The lowest BCUT2D eigenvalue weighted by Gasteiger charge is -2.24. The van der Waals surface area contributed by atoms with Gasteiger partial charge in [0, 0.05) is 56.0 Å². The van der Waals surface area contributed by atoms with Gasteiger partial charge in [0.05, 0.1) is 12.1 Å². The molecule has 2 amide bonds. The Kier molecular flexibility index (Phi) is 17.5. The van der Waals surface area contributed by atoms with E-state index in [0.717, 1.165) is 42.4 Å². The number of halogens is 2. The Labute approximate surface area is 368 Å². The Balaban J connectivity index is 0.954. The van der Waals surface area contributed by atoms with Crippen LogP contribution in [-0.2, 0) is 27.3 Å². The Bertz CT molecular complexity index is 2100. The molecule has 3 aromatic heterocycles. The Hall–Kier alpha value is -4.39. The van der Waals surface area contributed by atoms with Crippen LogP contribution in [0.2, 0.25) is 0 Å². The van der Waals surface area contributed by atoms with Gasteiger partial charge in [0.25, 0.3) is 0 Å². The van der Waals surface area contributed by atoms with Crippen LogP contribution in [0.4, 0.5) is 10.2 Å². The highest BCUT2D eigenvalue weighted by molar-refractivity contribution is 9.10. The molecule has 1 aliphatic heterocycles. The molecule has 2 fully saturated rings. The molecule has 1 N–H and O–H groups in total. The number of ketones is 2. The van der Waals surface area contributed by atoms with Gasteiger partial charge in [-0.25, -0.2) is 19.3 Å². The van der Waals surface area contributed by atoms with Gasteiger partial charge >= 0.3 is 0 Å². The molecule has 2 aliphatic rings. The molecule has 328 valence electrons. The van der Waals surface area contributed by atoms with Gasteiger partial charge < -0.3 is 10.2 Å². The number of nitrogens with one attached hydrogen (secondary N) is 1. The van der Waals surface area contributed by atoms with Gasteiger partial charge in [-0.15, -0.1) is 0 Å². The van der Waals surface area contributed by atoms with Crippen LogP contribution in [-0.4, -0.2) is 71.8 Å². The number of nitrogens with zero attached hydrogens (tertiary/aromatic N) is 6. The maximum atomic E-state index is 14.8. The van der Waals surface area contributed by atoms with Gasteiger partial charge in [-0.3, -0.25) is 23.9 Å². The van der Waals surface area contributed by atoms with Gasteiger partial charge in [-0.05, 0) is 70.4 Å². The van der Waals surface area contributed by atoms with Gasteiger partial charge in [0.1, 0.15) is 46.5 Å². The topological polar surface area (TPSA) is 140 Å². The lowest BCUT2D eigenvalue weighted by molar-refractivity contribution is -0.137. The van der Waals surface area contributed by atoms with Gasteiger partial charge in [0.15, 0.2) is 5.78 Å². The molecule has 0 bridgehead atoms. The van der Waals surface area contributed by atoms with E-state index in [1.165, 1.54) is 100.0 Å². The molecule has 2 atom stereocenters. The first-order chi connectivity index (χ1) is 29.6. The molecular weight excluding hydrogens is 837 g/mol. The number of benzene rings is 1. The van der Waals surface area contributed by atoms with Crippen molar-refractivity contribution < 1.29 is 23.6 Å². The van der Waals surface area contributed by atoms with Crippen LogP contribution in [0, 0.1) is 0 Å². The van der Waals surface area contributed by atoms with E-state index < -0.39 is 24.0 Å². The summed E-state index contributed by atoms with van der Waals surface area (Å²) >= 11 is 3.37. The molecule has 1 aromatic carbocycles. The Morgan fingerprint density at radius 3 is 2.08 bits per heavy atom. The standard InChI is InChI=1S/C48H63BrFN7O4/c1-3-4-5-6-7-8-9-10-11-12-13-14-15-16-17-18-38(59)22-26-44-51-29-36(30-52-44)35-21-24-41-40(27-35)46(33(2)58)55-57(41)32-45(60)56-31-37(50)28-42(56)48(61)54-47-39(34-19-20-34)23-25-43(49)53-47/h21,23-25,27,29-30,34,37,42H,3-20,22,26,28,31-32H2,1-2H3,(H,53,54,61)/t37-,42+/m1/s1. The normalized spacial score (nSPS) is 16.4. The zero-order chi connectivity index (χ0) is 43.1. The summed E-state index contributed by atoms with van der Waals surface area (Å²) in [5.74, 6) is 0.347. The fraction of sp³-hybridized carbons (Fsp3) is 0.583. The summed E-state index contributed by atoms with van der Waals surface area (Å²) in [6, 6.07) is 8.19. The second-order valence-corrected chi connectivity index (χ2v) is 18.0. The average Bonchev–Trinajstić information content (AvgIpc) is 3.92. The highest BCUT2D eigenvalue weighted by atomic mass is 79.9. The SMILES string of the molecule is CCCCCCCCCCCCCCCCCC(=O)CCc1ncc(-c2ccc3c(c2)c(C(C)=O)nn3CC(=O)N2C[C@H](F)C[C@H]2C(=O)Nc2nc(Br)ccc2C2CC2)cn1. The van der Waals surface area contributed by atoms with Gasteiger partial charge in [-0.1, -0.05) is 109 Å².